The summed E-state index contributed by atoms with van der Waals surface area (Å²) in [5.41, 5.74) is 1.28. The van der Waals surface area contributed by atoms with Crippen LogP contribution in [-0.2, 0) is 0 Å². The van der Waals surface area contributed by atoms with Gasteiger partial charge in [0.05, 0.1) is 11.4 Å². The second kappa shape index (κ2) is 4.17. The zero-order valence-electron chi connectivity index (χ0n) is 6.77. The Bertz CT molecular complexity index is 277. The van der Waals surface area contributed by atoms with Gasteiger partial charge in [-0.1, -0.05) is 11.8 Å². The first-order valence-electron chi connectivity index (χ1n) is 3.52. The molecule has 0 radical (unpaired) electrons. The highest BCUT2D eigenvalue weighted by atomic mass is 32.1. The molecule has 58 valence electrons. The molecule has 0 aromatic carbocycles. The molecule has 0 atom stereocenters. The first-order chi connectivity index (χ1) is 5.34. The van der Waals surface area contributed by atoms with E-state index in [1.807, 2.05) is 7.05 Å². The third-order valence-corrected chi connectivity index (χ3v) is 2.26. The van der Waals surface area contributed by atoms with Gasteiger partial charge in [-0.2, -0.15) is 0 Å². The molecule has 0 aliphatic heterocycles. The lowest BCUT2D eigenvalue weighted by Gasteiger charge is -1.84. The normalized spacial score (nSPS) is 8.91. The Labute approximate surface area is 71.4 Å². The molecule has 1 rings (SSSR count). The Morgan fingerprint density at radius 2 is 2.45 bits per heavy atom. The molecule has 11 heavy (non-hydrogen) atoms. The molecule has 1 aromatic heterocycles. The lowest BCUT2D eigenvalue weighted by Crippen LogP contribution is -2.04. The van der Waals surface area contributed by atoms with Gasteiger partial charge >= 0.3 is 0 Å². The molecule has 0 bridgehead atoms. The molecule has 2 heteroatoms. The Balaban J connectivity index is 2.65. The first-order valence-corrected chi connectivity index (χ1v) is 4.40. The maximum atomic E-state index is 3.10. The molecule has 0 unspecified atom stereocenters. The molecule has 0 saturated heterocycles. The van der Waals surface area contributed by atoms with Crippen LogP contribution in [0.1, 0.15) is 10.4 Å². The van der Waals surface area contributed by atoms with Crippen molar-refractivity contribution in [1.29, 1.82) is 0 Å². The van der Waals surface area contributed by atoms with Gasteiger partial charge in [0.15, 0.2) is 0 Å². The second-order valence-corrected chi connectivity index (χ2v) is 3.18. The summed E-state index contributed by atoms with van der Waals surface area (Å²) < 4.78 is 0. The van der Waals surface area contributed by atoms with E-state index in [0.717, 1.165) is 6.54 Å². The van der Waals surface area contributed by atoms with Crippen LogP contribution >= 0.6 is 11.3 Å². The van der Waals surface area contributed by atoms with Crippen molar-refractivity contribution in [3.05, 3.63) is 21.9 Å². The Hall–Kier alpha value is -0.780. The number of rotatable bonds is 1. The second-order valence-electron chi connectivity index (χ2n) is 2.26. The summed E-state index contributed by atoms with van der Waals surface area (Å²) in [6, 6.07) is 2.09. The lowest BCUT2D eigenvalue weighted by atomic mass is 10.3. The van der Waals surface area contributed by atoms with Crippen LogP contribution in [0.25, 0.3) is 0 Å². The molecule has 1 N–H and O–H groups in total. The van der Waals surface area contributed by atoms with Crippen LogP contribution in [0.5, 0.6) is 0 Å². The van der Waals surface area contributed by atoms with Gasteiger partial charge in [-0.25, -0.2) is 0 Å². The number of aryl methyl sites for hydroxylation is 1. The molecule has 0 spiro atoms. The summed E-state index contributed by atoms with van der Waals surface area (Å²) in [6.45, 7) is 2.84. The maximum absolute atomic E-state index is 3.10. The van der Waals surface area contributed by atoms with Crippen molar-refractivity contribution in [2.45, 2.75) is 6.92 Å². The SMILES string of the molecule is CNCC#Cc1sccc1C. The average Bonchev–Trinajstić information content (AvgIpc) is 2.37. The van der Waals surface area contributed by atoms with Crippen LogP contribution in [-0.4, -0.2) is 13.6 Å². The van der Waals surface area contributed by atoms with Gasteiger partial charge in [-0.15, -0.1) is 11.3 Å². The van der Waals surface area contributed by atoms with Crippen molar-refractivity contribution in [1.82, 2.24) is 5.32 Å². The van der Waals surface area contributed by atoms with Crippen LogP contribution in [0.15, 0.2) is 11.4 Å². The van der Waals surface area contributed by atoms with Gasteiger partial charge in [-0.05, 0) is 31.0 Å². The highest BCUT2D eigenvalue weighted by Gasteiger charge is 1.92. The zero-order chi connectivity index (χ0) is 8.10. The van der Waals surface area contributed by atoms with Gasteiger partial charge in [0.25, 0.3) is 0 Å². The minimum atomic E-state index is 0.761. The highest BCUT2D eigenvalue weighted by Crippen LogP contribution is 2.12. The summed E-state index contributed by atoms with van der Waals surface area (Å²) in [6.07, 6.45) is 0. The molecule has 0 aliphatic rings. The largest absolute Gasteiger partial charge is 0.309 e. The third-order valence-electron chi connectivity index (χ3n) is 1.33. The summed E-state index contributed by atoms with van der Waals surface area (Å²) in [5.74, 6) is 6.13. The van der Waals surface area contributed by atoms with Crippen molar-refractivity contribution in [3.8, 4) is 11.8 Å². The molecule has 1 nitrogen and oxygen atoms in total. The highest BCUT2D eigenvalue weighted by molar-refractivity contribution is 7.10. The zero-order valence-corrected chi connectivity index (χ0v) is 7.59. The maximum Gasteiger partial charge on any atom is 0.0797 e. The van der Waals surface area contributed by atoms with Gasteiger partial charge in [-0.3, -0.25) is 0 Å². The fraction of sp³-hybridized carbons (Fsp3) is 0.333. The molecule has 1 aromatic rings. The molecular weight excluding hydrogens is 154 g/mol. The molecule has 0 aliphatic carbocycles. The number of thiophene rings is 1. The van der Waals surface area contributed by atoms with E-state index in [1.165, 1.54) is 10.4 Å². The van der Waals surface area contributed by atoms with Crippen molar-refractivity contribution in [2.24, 2.45) is 0 Å². The molecule has 0 amide bonds. The topological polar surface area (TPSA) is 12.0 Å². The lowest BCUT2D eigenvalue weighted by molar-refractivity contribution is 0.938. The average molecular weight is 165 g/mol. The number of hydrogen-bond acceptors (Lipinski definition) is 2. The number of nitrogens with one attached hydrogen (secondary N) is 1. The smallest absolute Gasteiger partial charge is 0.0797 e. The summed E-state index contributed by atoms with van der Waals surface area (Å²) in [4.78, 5) is 1.18. The van der Waals surface area contributed by atoms with E-state index >= 15 is 0 Å². The minimum absolute atomic E-state index is 0.761. The third kappa shape index (κ3) is 2.38. The van der Waals surface area contributed by atoms with Gasteiger partial charge < -0.3 is 5.32 Å². The van der Waals surface area contributed by atoms with Crippen LogP contribution in [0.2, 0.25) is 0 Å². The number of hydrogen-bond donors (Lipinski definition) is 1. The Morgan fingerprint density at radius 1 is 1.64 bits per heavy atom. The van der Waals surface area contributed by atoms with Crippen LogP contribution in [0.4, 0.5) is 0 Å². The van der Waals surface area contributed by atoms with Crippen LogP contribution in [0, 0.1) is 18.8 Å². The summed E-state index contributed by atoms with van der Waals surface area (Å²) in [5, 5.41) is 5.05. The Morgan fingerprint density at radius 3 is 3.00 bits per heavy atom. The first kappa shape index (κ1) is 8.32. The predicted octanol–water partition coefficient (Wildman–Crippen LogP) is 1.63. The van der Waals surface area contributed by atoms with E-state index in [-0.39, 0.29) is 0 Å². The Kier molecular flexibility index (Phi) is 3.15. The van der Waals surface area contributed by atoms with Crippen LogP contribution in [0.3, 0.4) is 0 Å². The fourth-order valence-corrected chi connectivity index (χ4v) is 1.51. The molecule has 0 saturated carbocycles. The minimum Gasteiger partial charge on any atom is -0.309 e. The van der Waals surface area contributed by atoms with Gasteiger partial charge in [0.2, 0.25) is 0 Å². The standard InChI is InChI=1S/C9H11NS/c1-8-5-7-11-9(8)4-3-6-10-2/h5,7,10H,6H2,1-2H3. The molecule has 1 heterocycles. The van der Waals surface area contributed by atoms with E-state index in [4.69, 9.17) is 0 Å². The molecular formula is C9H11NS. The summed E-state index contributed by atoms with van der Waals surface area (Å²) >= 11 is 1.70. The van der Waals surface area contributed by atoms with E-state index in [1.54, 1.807) is 11.3 Å². The van der Waals surface area contributed by atoms with E-state index in [9.17, 15) is 0 Å². The van der Waals surface area contributed by atoms with E-state index in [2.05, 4.69) is 35.5 Å². The monoisotopic (exact) mass is 165 g/mol. The van der Waals surface area contributed by atoms with Crippen molar-refractivity contribution in [2.75, 3.05) is 13.6 Å². The van der Waals surface area contributed by atoms with Crippen LogP contribution < -0.4 is 5.32 Å². The van der Waals surface area contributed by atoms with Gasteiger partial charge in [0, 0.05) is 0 Å². The van der Waals surface area contributed by atoms with E-state index in [0.29, 0.717) is 0 Å². The quantitative estimate of drug-likeness (QED) is 0.624. The molecule has 0 fully saturated rings. The summed E-state index contributed by atoms with van der Waals surface area (Å²) in [7, 11) is 1.90. The van der Waals surface area contributed by atoms with Gasteiger partial charge in [0.1, 0.15) is 0 Å². The predicted molar refractivity (Wildman–Crippen MR) is 49.9 cm³/mol. The fourth-order valence-electron chi connectivity index (χ4n) is 0.714. The van der Waals surface area contributed by atoms with Crippen molar-refractivity contribution in [3.63, 3.8) is 0 Å². The van der Waals surface area contributed by atoms with Crippen molar-refractivity contribution >= 4 is 11.3 Å². The van der Waals surface area contributed by atoms with Crippen molar-refractivity contribution < 1.29 is 0 Å². The van der Waals surface area contributed by atoms with E-state index < -0.39 is 0 Å².